The highest BCUT2D eigenvalue weighted by atomic mass is 19.4. The maximum absolute atomic E-state index is 13.3. The second kappa shape index (κ2) is 7.40. The zero-order valence-electron chi connectivity index (χ0n) is 13.7. The Morgan fingerprint density at radius 1 is 0.533 bits per heavy atom. The fourth-order valence-corrected chi connectivity index (χ4v) is 1.71. The van der Waals surface area contributed by atoms with Gasteiger partial charge in [0.1, 0.15) is 6.10 Å². The summed E-state index contributed by atoms with van der Waals surface area (Å²) in [6, 6.07) is 0. The SMILES string of the molecule is CNCC(O)C(F)(F)C(F)(F)C(F)(F)C(F)(F)C(F)(F)C(F)(F)C(F)(F)C(F)(F)F. The topological polar surface area (TPSA) is 32.3 Å². The molecule has 0 saturated heterocycles. The van der Waals surface area contributed by atoms with Crippen LogP contribution in [0.15, 0.2) is 0 Å². The maximum atomic E-state index is 13.3. The molecule has 1 atom stereocenters. The molecule has 0 saturated carbocycles. The molecule has 0 aromatic carbocycles. The predicted octanol–water partition coefficient (Wildman–Crippen LogP) is 4.58. The molecule has 0 spiro atoms. The van der Waals surface area contributed by atoms with Crippen molar-refractivity contribution < 1.29 is 79.7 Å². The highest BCUT2D eigenvalue weighted by molar-refractivity contribution is 5.15. The molecule has 0 heterocycles. The second-order valence-corrected chi connectivity index (χ2v) is 5.64. The molecule has 0 fully saturated rings. The average molecular weight is 493 g/mol. The van der Waals surface area contributed by atoms with Crippen LogP contribution < -0.4 is 5.32 Å². The Hall–Kier alpha value is -1.27. The molecular weight excluding hydrogens is 485 g/mol. The lowest BCUT2D eigenvalue weighted by Crippen LogP contribution is -2.75. The van der Waals surface area contributed by atoms with Gasteiger partial charge in [-0.1, -0.05) is 0 Å². The van der Waals surface area contributed by atoms with Crippen LogP contribution in [0.5, 0.6) is 0 Å². The van der Waals surface area contributed by atoms with E-state index < -0.39 is 60.3 Å². The van der Waals surface area contributed by atoms with Crippen molar-refractivity contribution in [3.63, 3.8) is 0 Å². The molecule has 0 bridgehead atoms. The van der Waals surface area contributed by atoms with Crippen molar-refractivity contribution in [2.24, 2.45) is 0 Å². The van der Waals surface area contributed by atoms with E-state index in [4.69, 9.17) is 5.11 Å². The third kappa shape index (κ3) is 3.54. The molecule has 0 amide bonds. The Balaban J connectivity index is 6.70. The summed E-state index contributed by atoms with van der Waals surface area (Å²) >= 11 is 0. The summed E-state index contributed by atoms with van der Waals surface area (Å²) in [5.74, 6) is -57.1. The van der Waals surface area contributed by atoms with Crippen molar-refractivity contribution in [2.45, 2.75) is 53.7 Å². The van der Waals surface area contributed by atoms with E-state index in [1.165, 1.54) is 5.32 Å². The standard InChI is InChI=1S/C11H8F17NO/c1-29-2-3(30)4(12,13)5(14,15)6(16,17)7(18,19)8(20,21)9(22,23)10(24,25)11(26,27)28/h3,29-30H,2H2,1H3. The first-order chi connectivity index (χ1) is 12.7. The van der Waals surface area contributed by atoms with Crippen molar-refractivity contribution in [3.05, 3.63) is 0 Å². The Morgan fingerprint density at radius 2 is 0.800 bits per heavy atom. The minimum atomic E-state index is -8.67. The molecule has 0 aromatic heterocycles. The summed E-state index contributed by atoms with van der Waals surface area (Å²) in [6.45, 7) is -1.80. The number of likely N-dealkylation sites (N-methyl/N-ethyl adjacent to an activating group) is 1. The summed E-state index contributed by atoms with van der Waals surface area (Å²) in [7, 11) is 0.595. The van der Waals surface area contributed by atoms with Gasteiger partial charge in [0.25, 0.3) is 0 Å². The fourth-order valence-electron chi connectivity index (χ4n) is 1.71. The van der Waals surface area contributed by atoms with Crippen LogP contribution in [0.2, 0.25) is 0 Å². The second-order valence-electron chi connectivity index (χ2n) is 5.64. The molecule has 2 N–H and O–H groups in total. The number of alkyl halides is 17. The summed E-state index contributed by atoms with van der Waals surface area (Å²) in [4.78, 5) is 0. The van der Waals surface area contributed by atoms with Gasteiger partial charge in [-0.15, -0.1) is 0 Å². The number of halogens is 17. The summed E-state index contributed by atoms with van der Waals surface area (Å²) in [6.07, 6.45) is -11.9. The Bertz CT molecular complexity index is 609. The molecule has 30 heavy (non-hydrogen) atoms. The largest absolute Gasteiger partial charge is 0.460 e. The van der Waals surface area contributed by atoms with Crippen molar-refractivity contribution in [1.82, 2.24) is 5.32 Å². The normalized spacial score (nSPS) is 17.3. The van der Waals surface area contributed by atoms with Crippen molar-refractivity contribution in [2.75, 3.05) is 13.6 Å². The van der Waals surface area contributed by atoms with Crippen LogP contribution in [0.1, 0.15) is 0 Å². The summed E-state index contributed by atoms with van der Waals surface area (Å²) in [5.41, 5.74) is 0. The van der Waals surface area contributed by atoms with Gasteiger partial charge >= 0.3 is 47.6 Å². The van der Waals surface area contributed by atoms with E-state index in [9.17, 15) is 74.6 Å². The Morgan fingerprint density at radius 3 is 1.07 bits per heavy atom. The quantitative estimate of drug-likeness (QED) is 0.462. The van der Waals surface area contributed by atoms with E-state index in [1.54, 1.807) is 0 Å². The molecule has 0 radical (unpaired) electrons. The lowest BCUT2D eigenvalue weighted by Gasteiger charge is -2.43. The minimum Gasteiger partial charge on any atom is -0.385 e. The molecule has 0 rings (SSSR count). The van der Waals surface area contributed by atoms with E-state index in [2.05, 4.69) is 0 Å². The number of aliphatic hydroxyl groups is 1. The zero-order valence-corrected chi connectivity index (χ0v) is 13.7. The Kier molecular flexibility index (Phi) is 7.09. The van der Waals surface area contributed by atoms with Gasteiger partial charge in [0.05, 0.1) is 0 Å². The number of hydrogen-bond acceptors (Lipinski definition) is 2. The van der Waals surface area contributed by atoms with Gasteiger partial charge in [-0.05, 0) is 7.05 Å². The van der Waals surface area contributed by atoms with E-state index >= 15 is 0 Å². The molecule has 0 aliphatic heterocycles. The number of rotatable bonds is 9. The van der Waals surface area contributed by atoms with E-state index in [0.717, 1.165) is 0 Å². The van der Waals surface area contributed by atoms with Crippen LogP contribution in [-0.4, -0.2) is 72.4 Å². The van der Waals surface area contributed by atoms with Gasteiger partial charge < -0.3 is 10.4 Å². The minimum absolute atomic E-state index is 0.595. The van der Waals surface area contributed by atoms with Gasteiger partial charge in [-0.25, -0.2) is 0 Å². The van der Waals surface area contributed by atoms with Gasteiger partial charge in [-0.3, -0.25) is 0 Å². The molecule has 1 unspecified atom stereocenters. The van der Waals surface area contributed by atoms with E-state index in [-0.39, 0.29) is 0 Å². The number of nitrogens with one attached hydrogen (secondary N) is 1. The first kappa shape index (κ1) is 28.7. The van der Waals surface area contributed by atoms with Crippen LogP contribution in [0, 0.1) is 0 Å². The molecule has 0 aliphatic carbocycles. The molecule has 2 nitrogen and oxygen atoms in total. The Labute approximate surface area is 154 Å². The molecule has 19 heteroatoms. The van der Waals surface area contributed by atoms with E-state index in [1.807, 2.05) is 0 Å². The lowest BCUT2D eigenvalue weighted by molar-refractivity contribution is -0.464. The third-order valence-corrected chi connectivity index (χ3v) is 3.56. The van der Waals surface area contributed by atoms with Crippen LogP contribution in [0.3, 0.4) is 0 Å². The van der Waals surface area contributed by atoms with Crippen LogP contribution >= 0.6 is 0 Å². The molecule has 0 aliphatic rings. The monoisotopic (exact) mass is 493 g/mol. The van der Waals surface area contributed by atoms with Gasteiger partial charge in [0.15, 0.2) is 0 Å². The van der Waals surface area contributed by atoms with Gasteiger partial charge in [-0.2, -0.15) is 74.6 Å². The smallest absolute Gasteiger partial charge is 0.385 e. The van der Waals surface area contributed by atoms with Crippen molar-refractivity contribution >= 4 is 0 Å². The fraction of sp³-hybridized carbons (Fsp3) is 1.00. The lowest BCUT2D eigenvalue weighted by atomic mass is 9.87. The first-order valence-electron chi connectivity index (χ1n) is 6.77. The average Bonchev–Trinajstić information content (AvgIpc) is 2.52. The van der Waals surface area contributed by atoms with Gasteiger partial charge in [0, 0.05) is 6.54 Å². The molecular formula is C11H8F17NO. The third-order valence-electron chi connectivity index (χ3n) is 3.56. The van der Waals surface area contributed by atoms with Crippen molar-refractivity contribution in [3.8, 4) is 0 Å². The van der Waals surface area contributed by atoms with Crippen LogP contribution in [0.25, 0.3) is 0 Å². The maximum Gasteiger partial charge on any atom is 0.460 e. The zero-order chi connectivity index (χ0) is 25.0. The number of hydrogen-bond donors (Lipinski definition) is 2. The summed E-state index contributed by atoms with van der Waals surface area (Å²) < 4.78 is 219. The highest BCUT2D eigenvalue weighted by Gasteiger charge is 2.95. The van der Waals surface area contributed by atoms with Crippen molar-refractivity contribution in [1.29, 1.82) is 0 Å². The highest BCUT2D eigenvalue weighted by Crippen LogP contribution is 2.64. The van der Waals surface area contributed by atoms with Crippen LogP contribution in [-0.2, 0) is 0 Å². The molecule has 182 valence electrons. The molecule has 0 aromatic rings. The first-order valence-corrected chi connectivity index (χ1v) is 6.77. The predicted molar refractivity (Wildman–Crippen MR) is 60.6 cm³/mol. The summed E-state index contributed by atoms with van der Waals surface area (Å²) in [5, 5.41) is 10.1. The number of aliphatic hydroxyl groups excluding tert-OH is 1. The van der Waals surface area contributed by atoms with E-state index in [0.29, 0.717) is 7.05 Å². The van der Waals surface area contributed by atoms with Crippen LogP contribution in [0.4, 0.5) is 74.6 Å². The van der Waals surface area contributed by atoms with Gasteiger partial charge in [0.2, 0.25) is 0 Å².